The molecule has 0 aliphatic carbocycles. The van der Waals surface area contributed by atoms with Crippen molar-refractivity contribution in [3.05, 3.63) is 36.0 Å². The SMILES string of the molecule is COCCN(CCOC)C(=O)Cc1ccc2cc[nH]c2c1. The van der Waals surface area contributed by atoms with Crippen LogP contribution in [0.25, 0.3) is 10.9 Å². The van der Waals surface area contributed by atoms with Crippen LogP contribution in [0.2, 0.25) is 0 Å². The number of carbonyl (C=O) groups is 1. The van der Waals surface area contributed by atoms with Gasteiger partial charge < -0.3 is 19.4 Å². The fourth-order valence-corrected chi connectivity index (χ4v) is 2.26. The Morgan fingerprint density at radius 2 is 1.86 bits per heavy atom. The minimum atomic E-state index is 0.0926. The highest BCUT2D eigenvalue weighted by Gasteiger charge is 2.14. The molecule has 1 amide bonds. The van der Waals surface area contributed by atoms with Crippen molar-refractivity contribution in [3.63, 3.8) is 0 Å². The van der Waals surface area contributed by atoms with Crippen molar-refractivity contribution in [2.45, 2.75) is 6.42 Å². The van der Waals surface area contributed by atoms with Crippen LogP contribution in [0.3, 0.4) is 0 Å². The summed E-state index contributed by atoms with van der Waals surface area (Å²) in [5.74, 6) is 0.0926. The van der Waals surface area contributed by atoms with Gasteiger partial charge in [0.15, 0.2) is 0 Å². The largest absolute Gasteiger partial charge is 0.383 e. The Morgan fingerprint density at radius 3 is 2.52 bits per heavy atom. The Kier molecular flexibility index (Phi) is 5.78. The molecule has 0 aliphatic heterocycles. The second-order valence-electron chi connectivity index (χ2n) is 4.94. The number of ether oxygens (including phenoxy) is 2. The minimum absolute atomic E-state index is 0.0926. The van der Waals surface area contributed by atoms with Gasteiger partial charge in [-0.25, -0.2) is 0 Å². The number of aromatic amines is 1. The molecule has 0 aliphatic rings. The molecule has 5 nitrogen and oxygen atoms in total. The number of methoxy groups -OCH3 is 2. The van der Waals surface area contributed by atoms with E-state index in [0.717, 1.165) is 16.5 Å². The van der Waals surface area contributed by atoms with Gasteiger partial charge in [-0.05, 0) is 23.1 Å². The van der Waals surface area contributed by atoms with Gasteiger partial charge >= 0.3 is 0 Å². The molecule has 0 radical (unpaired) electrons. The fourth-order valence-electron chi connectivity index (χ4n) is 2.26. The summed E-state index contributed by atoms with van der Waals surface area (Å²) in [6.07, 6.45) is 2.29. The molecule has 0 saturated carbocycles. The monoisotopic (exact) mass is 290 g/mol. The zero-order valence-corrected chi connectivity index (χ0v) is 12.6. The number of H-pyrrole nitrogens is 1. The Morgan fingerprint density at radius 1 is 1.14 bits per heavy atom. The molecule has 114 valence electrons. The van der Waals surface area contributed by atoms with Crippen molar-refractivity contribution in [2.75, 3.05) is 40.5 Å². The number of nitrogens with zero attached hydrogens (tertiary/aromatic N) is 1. The average molecular weight is 290 g/mol. The van der Waals surface area contributed by atoms with E-state index in [4.69, 9.17) is 9.47 Å². The Hall–Kier alpha value is -1.85. The number of benzene rings is 1. The van der Waals surface area contributed by atoms with E-state index in [1.807, 2.05) is 30.5 Å². The smallest absolute Gasteiger partial charge is 0.227 e. The normalized spacial score (nSPS) is 11.0. The van der Waals surface area contributed by atoms with Crippen LogP contribution in [0.5, 0.6) is 0 Å². The lowest BCUT2D eigenvalue weighted by atomic mass is 10.1. The molecular formula is C16H22N2O3. The molecular weight excluding hydrogens is 268 g/mol. The standard InChI is InChI=1S/C16H22N2O3/c1-20-9-7-18(8-10-21-2)16(19)12-13-3-4-14-5-6-17-15(14)11-13/h3-6,11,17H,7-10,12H2,1-2H3. The molecule has 0 fully saturated rings. The molecule has 2 aromatic rings. The van der Waals surface area contributed by atoms with E-state index >= 15 is 0 Å². The quantitative estimate of drug-likeness (QED) is 0.807. The summed E-state index contributed by atoms with van der Waals surface area (Å²) in [5, 5.41) is 1.15. The van der Waals surface area contributed by atoms with Gasteiger partial charge in [0.25, 0.3) is 0 Å². The Labute approximate surface area is 124 Å². The lowest BCUT2D eigenvalue weighted by molar-refractivity contribution is -0.131. The van der Waals surface area contributed by atoms with Gasteiger partial charge in [-0.3, -0.25) is 4.79 Å². The van der Waals surface area contributed by atoms with Gasteiger partial charge in [0.2, 0.25) is 5.91 Å². The number of aromatic nitrogens is 1. The molecule has 1 heterocycles. The number of hydrogen-bond acceptors (Lipinski definition) is 3. The third-order valence-corrected chi connectivity index (χ3v) is 3.46. The van der Waals surface area contributed by atoms with E-state index < -0.39 is 0 Å². The van der Waals surface area contributed by atoms with Gasteiger partial charge in [-0.15, -0.1) is 0 Å². The first-order valence-electron chi connectivity index (χ1n) is 7.06. The van der Waals surface area contributed by atoms with Gasteiger partial charge in [-0.1, -0.05) is 12.1 Å². The molecule has 1 aromatic carbocycles. The van der Waals surface area contributed by atoms with E-state index in [2.05, 4.69) is 4.98 Å². The second-order valence-corrected chi connectivity index (χ2v) is 4.94. The first-order valence-corrected chi connectivity index (χ1v) is 7.06. The van der Waals surface area contributed by atoms with Crippen LogP contribution in [0.4, 0.5) is 0 Å². The molecule has 0 saturated heterocycles. The minimum Gasteiger partial charge on any atom is -0.383 e. The Bertz CT molecular complexity index is 572. The highest BCUT2D eigenvalue weighted by molar-refractivity contribution is 5.83. The van der Waals surface area contributed by atoms with Crippen molar-refractivity contribution in [3.8, 4) is 0 Å². The number of hydrogen-bond donors (Lipinski definition) is 1. The molecule has 0 bridgehead atoms. The van der Waals surface area contributed by atoms with Crippen molar-refractivity contribution >= 4 is 16.8 Å². The summed E-state index contributed by atoms with van der Waals surface area (Å²) in [6, 6.07) is 8.07. The predicted molar refractivity (Wildman–Crippen MR) is 82.3 cm³/mol. The molecule has 0 spiro atoms. The summed E-state index contributed by atoms with van der Waals surface area (Å²) in [7, 11) is 3.27. The molecule has 1 aromatic heterocycles. The second kappa shape index (κ2) is 7.81. The summed E-state index contributed by atoms with van der Waals surface area (Å²) in [4.78, 5) is 17.4. The predicted octanol–water partition coefficient (Wildman–Crippen LogP) is 1.83. The van der Waals surface area contributed by atoms with Gasteiger partial charge in [0.1, 0.15) is 0 Å². The highest BCUT2D eigenvalue weighted by Crippen LogP contribution is 2.15. The van der Waals surface area contributed by atoms with Crippen LogP contribution in [0, 0.1) is 0 Å². The molecule has 0 atom stereocenters. The van der Waals surface area contributed by atoms with E-state index in [0.29, 0.717) is 32.7 Å². The van der Waals surface area contributed by atoms with E-state index in [1.165, 1.54) is 0 Å². The van der Waals surface area contributed by atoms with Crippen molar-refractivity contribution in [2.24, 2.45) is 0 Å². The zero-order valence-electron chi connectivity index (χ0n) is 12.6. The fraction of sp³-hybridized carbons (Fsp3) is 0.438. The topological polar surface area (TPSA) is 54.6 Å². The van der Waals surface area contributed by atoms with Crippen LogP contribution in [0.1, 0.15) is 5.56 Å². The van der Waals surface area contributed by atoms with E-state index in [1.54, 1.807) is 19.1 Å². The summed E-state index contributed by atoms with van der Waals surface area (Å²) < 4.78 is 10.1. The third kappa shape index (κ3) is 4.31. The van der Waals surface area contributed by atoms with E-state index in [9.17, 15) is 4.79 Å². The van der Waals surface area contributed by atoms with E-state index in [-0.39, 0.29) is 5.91 Å². The van der Waals surface area contributed by atoms with Crippen molar-refractivity contribution in [1.29, 1.82) is 0 Å². The van der Waals surface area contributed by atoms with Crippen LogP contribution in [-0.4, -0.2) is 56.3 Å². The highest BCUT2D eigenvalue weighted by atomic mass is 16.5. The van der Waals surface area contributed by atoms with Gasteiger partial charge in [-0.2, -0.15) is 0 Å². The van der Waals surface area contributed by atoms with Crippen LogP contribution in [-0.2, 0) is 20.7 Å². The molecule has 0 unspecified atom stereocenters. The summed E-state index contributed by atoms with van der Waals surface area (Å²) in [6.45, 7) is 2.24. The summed E-state index contributed by atoms with van der Waals surface area (Å²) in [5.41, 5.74) is 2.07. The maximum atomic E-state index is 12.4. The first-order chi connectivity index (χ1) is 10.2. The number of carbonyl (C=O) groups excluding carboxylic acids is 1. The summed E-state index contributed by atoms with van der Waals surface area (Å²) >= 11 is 0. The number of fused-ring (bicyclic) bond motifs is 1. The van der Waals surface area contributed by atoms with Crippen LogP contribution >= 0.6 is 0 Å². The van der Waals surface area contributed by atoms with Crippen molar-refractivity contribution < 1.29 is 14.3 Å². The molecule has 5 heteroatoms. The molecule has 1 N–H and O–H groups in total. The number of nitrogens with one attached hydrogen (secondary N) is 1. The van der Waals surface area contributed by atoms with Gasteiger partial charge in [0, 0.05) is 39.0 Å². The Balaban J connectivity index is 2.01. The molecule has 21 heavy (non-hydrogen) atoms. The average Bonchev–Trinajstić information content (AvgIpc) is 2.95. The third-order valence-electron chi connectivity index (χ3n) is 3.46. The van der Waals surface area contributed by atoms with Gasteiger partial charge in [0.05, 0.1) is 19.6 Å². The first kappa shape index (κ1) is 15.5. The number of amides is 1. The molecule has 2 rings (SSSR count). The zero-order chi connectivity index (χ0) is 15.1. The maximum absolute atomic E-state index is 12.4. The lowest BCUT2D eigenvalue weighted by Gasteiger charge is -2.22. The maximum Gasteiger partial charge on any atom is 0.227 e. The van der Waals surface area contributed by atoms with Crippen molar-refractivity contribution in [1.82, 2.24) is 9.88 Å². The van der Waals surface area contributed by atoms with Crippen LogP contribution in [0.15, 0.2) is 30.5 Å². The number of rotatable bonds is 8. The van der Waals surface area contributed by atoms with Crippen LogP contribution < -0.4 is 0 Å². The lowest BCUT2D eigenvalue weighted by Crippen LogP contribution is -2.37.